The van der Waals surface area contributed by atoms with Gasteiger partial charge in [-0.1, -0.05) is 30.3 Å². The van der Waals surface area contributed by atoms with Crippen LogP contribution in [0.1, 0.15) is 22.3 Å². The van der Waals surface area contributed by atoms with Crippen molar-refractivity contribution in [2.75, 3.05) is 0 Å². The van der Waals surface area contributed by atoms with Crippen LogP contribution in [0.4, 0.5) is 0 Å². The maximum absolute atomic E-state index is 12.6. The van der Waals surface area contributed by atoms with Crippen molar-refractivity contribution in [3.63, 3.8) is 0 Å². The fraction of sp³-hybridized carbons (Fsp3) is 0.0556. The minimum Gasteiger partial charge on any atom is -0.453 e. The second kappa shape index (κ2) is 5.11. The number of para-hydroxylation sites is 3. The van der Waals surface area contributed by atoms with E-state index in [9.17, 15) is 10.1 Å². The first-order chi connectivity index (χ1) is 11.3. The molecule has 0 bridgehead atoms. The largest absolute Gasteiger partial charge is 0.453 e. The lowest BCUT2D eigenvalue weighted by atomic mass is 10.0. The zero-order chi connectivity index (χ0) is 15.8. The number of carbonyl (C=O) groups is 1. The summed E-state index contributed by atoms with van der Waals surface area (Å²) in [4.78, 5) is 20.0. The van der Waals surface area contributed by atoms with Gasteiger partial charge in [0.1, 0.15) is 11.4 Å². The van der Waals surface area contributed by atoms with Crippen LogP contribution in [-0.2, 0) is 0 Å². The number of hydrogen-bond donors (Lipinski definition) is 1. The van der Waals surface area contributed by atoms with Gasteiger partial charge in [0.2, 0.25) is 5.78 Å². The Labute approximate surface area is 131 Å². The highest BCUT2D eigenvalue weighted by Gasteiger charge is 2.27. The Hall–Kier alpha value is -3.39. The summed E-state index contributed by atoms with van der Waals surface area (Å²) in [7, 11) is 0. The molecule has 1 N–H and O–H groups in total. The average Bonchev–Trinajstić information content (AvgIpc) is 3.19. The molecule has 0 spiro atoms. The molecule has 5 nitrogen and oxygen atoms in total. The summed E-state index contributed by atoms with van der Waals surface area (Å²) in [5, 5.41) is 10.3. The summed E-state index contributed by atoms with van der Waals surface area (Å²) < 4.78 is 5.57. The van der Waals surface area contributed by atoms with Crippen molar-refractivity contribution in [2.45, 2.75) is 5.92 Å². The van der Waals surface area contributed by atoms with E-state index in [4.69, 9.17) is 4.42 Å². The first-order valence-electron chi connectivity index (χ1n) is 7.13. The van der Waals surface area contributed by atoms with Gasteiger partial charge < -0.3 is 9.40 Å². The smallest absolute Gasteiger partial charge is 0.222 e. The van der Waals surface area contributed by atoms with Crippen molar-refractivity contribution in [2.24, 2.45) is 0 Å². The molecule has 0 radical (unpaired) electrons. The van der Waals surface area contributed by atoms with E-state index in [0.717, 1.165) is 16.4 Å². The number of H-pyrrole nitrogens is 1. The van der Waals surface area contributed by atoms with Gasteiger partial charge in [-0.05, 0) is 24.3 Å². The van der Waals surface area contributed by atoms with Crippen molar-refractivity contribution in [3.8, 4) is 6.07 Å². The number of hydrogen-bond acceptors (Lipinski definition) is 4. The van der Waals surface area contributed by atoms with E-state index in [-0.39, 0.29) is 5.76 Å². The highest BCUT2D eigenvalue weighted by atomic mass is 16.3. The van der Waals surface area contributed by atoms with Crippen LogP contribution in [0.3, 0.4) is 0 Å². The molecule has 5 heteroatoms. The van der Waals surface area contributed by atoms with Crippen LogP contribution in [0.15, 0.2) is 59.0 Å². The van der Waals surface area contributed by atoms with Crippen molar-refractivity contribution in [1.82, 2.24) is 9.97 Å². The number of fused-ring (bicyclic) bond motifs is 2. The van der Waals surface area contributed by atoms with Gasteiger partial charge >= 0.3 is 0 Å². The van der Waals surface area contributed by atoms with Crippen LogP contribution in [0.2, 0.25) is 0 Å². The molecule has 1 unspecified atom stereocenters. The highest BCUT2D eigenvalue weighted by molar-refractivity contribution is 6.03. The number of nitrogens with one attached hydrogen (secondary N) is 1. The van der Waals surface area contributed by atoms with Crippen molar-refractivity contribution in [1.29, 1.82) is 5.26 Å². The molecule has 4 rings (SSSR count). The molecular weight excluding hydrogens is 290 g/mol. The number of ketones is 1. The van der Waals surface area contributed by atoms with Crippen molar-refractivity contribution >= 4 is 27.8 Å². The number of carbonyl (C=O) groups excluding carboxylic acids is 1. The fourth-order valence-corrected chi connectivity index (χ4v) is 2.60. The van der Waals surface area contributed by atoms with Gasteiger partial charge in [0, 0.05) is 5.39 Å². The molecule has 0 saturated heterocycles. The van der Waals surface area contributed by atoms with Gasteiger partial charge in [0.25, 0.3) is 0 Å². The van der Waals surface area contributed by atoms with Gasteiger partial charge in [-0.25, -0.2) is 4.98 Å². The molecule has 2 heterocycles. The first kappa shape index (κ1) is 13.3. The van der Waals surface area contributed by atoms with E-state index >= 15 is 0 Å². The van der Waals surface area contributed by atoms with Crippen molar-refractivity contribution < 1.29 is 9.21 Å². The summed E-state index contributed by atoms with van der Waals surface area (Å²) >= 11 is 0. The Bertz CT molecular complexity index is 1000. The minimum absolute atomic E-state index is 0.165. The summed E-state index contributed by atoms with van der Waals surface area (Å²) in [6, 6.07) is 18.4. The Morgan fingerprint density at radius 3 is 2.74 bits per heavy atom. The normalized spacial score (nSPS) is 12.3. The zero-order valence-corrected chi connectivity index (χ0v) is 12.0. The Balaban J connectivity index is 1.76. The van der Waals surface area contributed by atoms with Gasteiger partial charge in [0.15, 0.2) is 11.7 Å². The molecule has 2 aromatic heterocycles. The molecular formula is C18H11N3O2. The summed E-state index contributed by atoms with van der Waals surface area (Å²) in [6.07, 6.45) is 0. The van der Waals surface area contributed by atoms with Gasteiger partial charge in [-0.2, -0.15) is 5.26 Å². The number of Topliss-reactive ketones (excluding diaryl/α,β-unsaturated/α-hetero) is 1. The van der Waals surface area contributed by atoms with Crippen LogP contribution in [0.5, 0.6) is 0 Å². The summed E-state index contributed by atoms with van der Waals surface area (Å²) in [5.41, 5.74) is 2.14. The average molecular weight is 301 g/mol. The summed E-state index contributed by atoms with van der Waals surface area (Å²) in [5.74, 6) is -0.928. The number of aromatic amines is 1. The molecule has 0 aliphatic rings. The second-order valence-corrected chi connectivity index (χ2v) is 5.21. The molecule has 4 aromatic rings. The number of furan rings is 1. The summed E-state index contributed by atoms with van der Waals surface area (Å²) in [6.45, 7) is 0. The van der Waals surface area contributed by atoms with Crippen LogP contribution < -0.4 is 0 Å². The molecule has 0 saturated carbocycles. The molecule has 23 heavy (non-hydrogen) atoms. The lowest BCUT2D eigenvalue weighted by molar-refractivity contribution is 0.0951. The van der Waals surface area contributed by atoms with Crippen LogP contribution in [0, 0.1) is 11.3 Å². The van der Waals surface area contributed by atoms with E-state index < -0.39 is 11.7 Å². The molecule has 2 aromatic carbocycles. The predicted molar refractivity (Wildman–Crippen MR) is 85.0 cm³/mol. The van der Waals surface area contributed by atoms with Crippen molar-refractivity contribution in [3.05, 3.63) is 66.2 Å². The maximum Gasteiger partial charge on any atom is 0.222 e. The number of benzene rings is 2. The number of nitriles is 1. The maximum atomic E-state index is 12.6. The Morgan fingerprint density at radius 1 is 1.17 bits per heavy atom. The van der Waals surface area contributed by atoms with Gasteiger partial charge in [0.05, 0.1) is 17.1 Å². The molecule has 0 fully saturated rings. The van der Waals surface area contributed by atoms with Gasteiger partial charge in [-0.15, -0.1) is 0 Å². The Morgan fingerprint density at radius 2 is 1.96 bits per heavy atom. The van der Waals surface area contributed by atoms with Gasteiger partial charge in [-0.3, -0.25) is 4.79 Å². The third-order valence-corrected chi connectivity index (χ3v) is 3.74. The zero-order valence-electron chi connectivity index (χ0n) is 12.0. The van der Waals surface area contributed by atoms with E-state index in [1.54, 1.807) is 12.1 Å². The lowest BCUT2D eigenvalue weighted by Crippen LogP contribution is -2.12. The monoisotopic (exact) mass is 301 g/mol. The topological polar surface area (TPSA) is 82.7 Å². The minimum atomic E-state index is -1.03. The molecule has 110 valence electrons. The number of rotatable bonds is 3. The molecule has 0 aliphatic carbocycles. The van der Waals surface area contributed by atoms with E-state index in [0.29, 0.717) is 11.4 Å². The highest BCUT2D eigenvalue weighted by Crippen LogP contribution is 2.25. The molecule has 1 atom stereocenters. The quantitative estimate of drug-likeness (QED) is 0.583. The van der Waals surface area contributed by atoms with E-state index in [1.807, 2.05) is 48.5 Å². The van der Waals surface area contributed by atoms with E-state index in [1.165, 1.54) is 0 Å². The standard InChI is InChI=1S/C18H11N3O2/c19-10-12(18-20-13-6-2-3-7-14(13)21-18)17(22)16-9-11-5-1-4-8-15(11)23-16/h1-9,12H,(H,20,21). The van der Waals surface area contributed by atoms with Crippen LogP contribution in [-0.4, -0.2) is 15.8 Å². The third-order valence-electron chi connectivity index (χ3n) is 3.74. The van der Waals surface area contributed by atoms with E-state index in [2.05, 4.69) is 9.97 Å². The number of aromatic nitrogens is 2. The Kier molecular flexibility index (Phi) is 2.95. The fourth-order valence-electron chi connectivity index (χ4n) is 2.60. The molecule has 0 aliphatic heterocycles. The van der Waals surface area contributed by atoms with Crippen LogP contribution in [0.25, 0.3) is 22.0 Å². The lowest BCUT2D eigenvalue weighted by Gasteiger charge is -2.01. The number of imidazole rings is 1. The SMILES string of the molecule is N#CC(C(=O)c1cc2ccccc2o1)c1nc2ccccc2[nH]1. The second-order valence-electron chi connectivity index (χ2n) is 5.21. The molecule has 0 amide bonds. The van der Waals surface area contributed by atoms with Crippen LogP contribution >= 0.6 is 0 Å². The number of nitrogens with zero attached hydrogens (tertiary/aromatic N) is 2. The third kappa shape index (κ3) is 2.17. The predicted octanol–water partition coefficient (Wildman–Crippen LogP) is 3.80. The first-order valence-corrected chi connectivity index (χ1v) is 7.13.